The van der Waals surface area contributed by atoms with Gasteiger partial charge in [0.05, 0.1) is 22.9 Å². The fraction of sp³-hybridized carbons (Fsp3) is 0.156. The molecule has 8 N–H and O–H groups in total. The van der Waals surface area contributed by atoms with Crippen LogP contribution in [0.15, 0.2) is 96.0 Å². The number of hydrogen-bond donors (Lipinski definition) is 5. The zero-order valence-electron chi connectivity index (χ0n) is 23.8. The quantitative estimate of drug-likeness (QED) is 0.0922. The van der Waals surface area contributed by atoms with E-state index in [1.807, 2.05) is 0 Å². The van der Waals surface area contributed by atoms with Crippen molar-refractivity contribution in [2.24, 2.45) is 22.2 Å². The van der Waals surface area contributed by atoms with Crippen LogP contribution in [0.1, 0.15) is 32.6 Å². The van der Waals surface area contributed by atoms with Gasteiger partial charge in [0.25, 0.3) is 5.91 Å². The van der Waals surface area contributed by atoms with Gasteiger partial charge in [-0.15, -0.1) is 0 Å². The van der Waals surface area contributed by atoms with Crippen LogP contribution in [-0.2, 0) is 30.5 Å². The third-order valence-corrected chi connectivity index (χ3v) is 6.52. The smallest absolute Gasteiger partial charge is 0.416 e. The Morgan fingerprint density at radius 1 is 0.844 bits per heavy atom. The van der Waals surface area contributed by atoms with E-state index in [0.717, 1.165) is 17.7 Å². The van der Waals surface area contributed by atoms with Crippen molar-refractivity contribution in [1.29, 1.82) is 0 Å². The van der Waals surface area contributed by atoms with Crippen molar-refractivity contribution in [2.75, 3.05) is 5.32 Å². The molecule has 45 heavy (non-hydrogen) atoms. The summed E-state index contributed by atoms with van der Waals surface area (Å²) < 4.78 is 57.8. The Morgan fingerprint density at radius 3 is 2.09 bits per heavy atom. The number of nitrogens with two attached hydrogens (primary N) is 3. The van der Waals surface area contributed by atoms with E-state index in [1.54, 1.807) is 24.3 Å². The molecule has 0 radical (unpaired) electrons. The number of aliphatic imine (C=N–C) groups is 1. The van der Waals surface area contributed by atoms with Gasteiger partial charge in [-0.2, -0.15) is 13.2 Å². The standard InChI is InChI=1S/C32H30F4N6O3/c33-23-9-3-21(4-10-23)18-45-28-16-25(41-30(44)27(37)15-19-5-11-24(12-6-19)42-31(38)39)13-14-26(28)29(43)40-17-20-1-7-22(8-2-20)32(34,35)36/h1-14,16,27H,15,17-18,37H2,(H,40,43)(H,41,44)(H4,38,39,42)/t27-/m0/s1. The summed E-state index contributed by atoms with van der Waals surface area (Å²) in [5, 5.41) is 5.38. The number of guanidine groups is 1. The van der Waals surface area contributed by atoms with Crippen molar-refractivity contribution < 1.29 is 31.9 Å². The number of alkyl halides is 3. The lowest BCUT2D eigenvalue weighted by molar-refractivity contribution is -0.137. The van der Waals surface area contributed by atoms with Crippen LogP contribution in [0.3, 0.4) is 0 Å². The molecule has 0 unspecified atom stereocenters. The van der Waals surface area contributed by atoms with Crippen LogP contribution in [0.5, 0.6) is 5.75 Å². The maximum absolute atomic E-state index is 13.4. The van der Waals surface area contributed by atoms with Crippen molar-refractivity contribution in [3.05, 3.63) is 125 Å². The van der Waals surface area contributed by atoms with Crippen LogP contribution >= 0.6 is 0 Å². The zero-order valence-corrected chi connectivity index (χ0v) is 23.8. The highest BCUT2D eigenvalue weighted by molar-refractivity contribution is 5.99. The molecular weight excluding hydrogens is 592 g/mol. The first-order valence-corrected chi connectivity index (χ1v) is 13.6. The van der Waals surface area contributed by atoms with Crippen molar-refractivity contribution >= 4 is 29.1 Å². The molecule has 0 aliphatic heterocycles. The Balaban J connectivity index is 1.46. The minimum atomic E-state index is -4.47. The first-order chi connectivity index (χ1) is 21.4. The normalized spacial score (nSPS) is 11.8. The molecule has 0 bridgehead atoms. The van der Waals surface area contributed by atoms with Crippen LogP contribution < -0.4 is 32.6 Å². The van der Waals surface area contributed by atoms with Crippen molar-refractivity contribution in [3.63, 3.8) is 0 Å². The third kappa shape index (κ3) is 9.53. The number of carbonyl (C=O) groups is 2. The van der Waals surface area contributed by atoms with E-state index in [-0.39, 0.29) is 36.8 Å². The highest BCUT2D eigenvalue weighted by Crippen LogP contribution is 2.29. The SMILES string of the molecule is NC(N)=Nc1ccc(C[C@H](N)C(=O)Nc2ccc(C(=O)NCc3ccc(C(F)(F)F)cc3)c(OCc3ccc(F)cc3)c2)cc1. The number of hydrogen-bond acceptors (Lipinski definition) is 5. The van der Waals surface area contributed by atoms with Crippen LogP contribution in [0.2, 0.25) is 0 Å². The molecule has 1 atom stereocenters. The minimum absolute atomic E-state index is 0.0216. The molecule has 0 saturated heterocycles. The van der Waals surface area contributed by atoms with Crippen LogP contribution in [0.4, 0.5) is 28.9 Å². The molecule has 0 heterocycles. The number of amides is 2. The lowest BCUT2D eigenvalue weighted by atomic mass is 10.1. The molecule has 13 heteroatoms. The fourth-order valence-corrected chi connectivity index (χ4v) is 4.18. The molecule has 234 valence electrons. The lowest BCUT2D eigenvalue weighted by Gasteiger charge is -2.16. The molecule has 0 aliphatic rings. The maximum atomic E-state index is 13.4. The van der Waals surface area contributed by atoms with Gasteiger partial charge in [-0.25, -0.2) is 9.38 Å². The zero-order chi connectivity index (χ0) is 32.6. The number of carbonyl (C=O) groups excluding carboxylic acids is 2. The first kappa shape index (κ1) is 32.5. The van der Waals surface area contributed by atoms with E-state index in [2.05, 4.69) is 15.6 Å². The van der Waals surface area contributed by atoms with Crippen LogP contribution in [0.25, 0.3) is 0 Å². The second-order valence-corrected chi connectivity index (χ2v) is 10.0. The fourth-order valence-electron chi connectivity index (χ4n) is 4.18. The van der Waals surface area contributed by atoms with Crippen LogP contribution in [0, 0.1) is 5.82 Å². The Labute approximate surface area is 256 Å². The molecule has 0 spiro atoms. The van der Waals surface area contributed by atoms with Gasteiger partial charge in [0.2, 0.25) is 5.91 Å². The first-order valence-electron chi connectivity index (χ1n) is 13.6. The third-order valence-electron chi connectivity index (χ3n) is 6.52. The molecule has 4 rings (SSSR count). The average Bonchev–Trinajstić information content (AvgIpc) is 3.00. The van der Waals surface area contributed by atoms with E-state index >= 15 is 0 Å². The summed E-state index contributed by atoms with van der Waals surface area (Å²) in [5.41, 5.74) is 18.9. The number of anilines is 1. The highest BCUT2D eigenvalue weighted by atomic mass is 19.4. The molecule has 0 fully saturated rings. The number of benzene rings is 4. The second-order valence-electron chi connectivity index (χ2n) is 10.0. The summed E-state index contributed by atoms with van der Waals surface area (Å²) in [7, 11) is 0. The van der Waals surface area contributed by atoms with E-state index < -0.39 is 35.4 Å². The summed E-state index contributed by atoms with van der Waals surface area (Å²) >= 11 is 0. The van der Waals surface area contributed by atoms with Gasteiger partial charge >= 0.3 is 6.18 Å². The molecule has 9 nitrogen and oxygen atoms in total. The largest absolute Gasteiger partial charge is 0.488 e. The number of nitrogens with one attached hydrogen (secondary N) is 2. The number of halogens is 4. The second kappa shape index (κ2) is 14.4. The maximum Gasteiger partial charge on any atom is 0.416 e. The molecular formula is C32H30F4N6O3. The molecule has 0 saturated carbocycles. The predicted octanol–water partition coefficient (Wildman–Crippen LogP) is 4.77. The Morgan fingerprint density at radius 2 is 1.47 bits per heavy atom. The highest BCUT2D eigenvalue weighted by Gasteiger charge is 2.30. The summed E-state index contributed by atoms with van der Waals surface area (Å²) in [5.74, 6) is -1.46. The molecule has 4 aromatic carbocycles. The Bertz CT molecular complexity index is 1650. The van der Waals surface area contributed by atoms with Gasteiger partial charge in [0.15, 0.2) is 5.96 Å². The number of nitrogens with zero attached hydrogens (tertiary/aromatic N) is 1. The molecule has 0 aliphatic carbocycles. The monoisotopic (exact) mass is 622 g/mol. The summed E-state index contributed by atoms with van der Waals surface area (Å²) in [4.78, 5) is 29.9. The topological polar surface area (TPSA) is 158 Å². The van der Waals surface area contributed by atoms with E-state index in [0.29, 0.717) is 22.5 Å². The van der Waals surface area contributed by atoms with E-state index in [1.165, 1.54) is 54.6 Å². The van der Waals surface area contributed by atoms with Gasteiger partial charge in [0.1, 0.15) is 18.2 Å². The summed E-state index contributed by atoms with van der Waals surface area (Å²) in [6, 6.07) is 20.3. The van der Waals surface area contributed by atoms with Gasteiger partial charge in [-0.3, -0.25) is 9.59 Å². The van der Waals surface area contributed by atoms with Crippen molar-refractivity contribution in [1.82, 2.24) is 5.32 Å². The number of ether oxygens (including phenoxy) is 1. The van der Waals surface area contributed by atoms with E-state index in [9.17, 15) is 27.2 Å². The van der Waals surface area contributed by atoms with Gasteiger partial charge in [-0.1, -0.05) is 36.4 Å². The molecule has 0 aromatic heterocycles. The summed E-state index contributed by atoms with van der Waals surface area (Å²) in [6.07, 6.45) is -4.26. The van der Waals surface area contributed by atoms with Gasteiger partial charge < -0.3 is 32.6 Å². The predicted molar refractivity (Wildman–Crippen MR) is 162 cm³/mol. The minimum Gasteiger partial charge on any atom is -0.488 e. The van der Waals surface area contributed by atoms with Crippen molar-refractivity contribution in [3.8, 4) is 5.75 Å². The van der Waals surface area contributed by atoms with Crippen molar-refractivity contribution in [2.45, 2.75) is 31.8 Å². The lowest BCUT2D eigenvalue weighted by Crippen LogP contribution is -2.37. The Hall–Kier alpha value is -5.43. The van der Waals surface area contributed by atoms with Gasteiger partial charge in [-0.05, 0) is 71.6 Å². The number of rotatable bonds is 11. The van der Waals surface area contributed by atoms with E-state index in [4.69, 9.17) is 21.9 Å². The van der Waals surface area contributed by atoms with Gasteiger partial charge in [0, 0.05) is 18.3 Å². The average molecular weight is 623 g/mol. The Kier molecular flexibility index (Phi) is 10.4. The molecule has 2 amide bonds. The summed E-state index contributed by atoms with van der Waals surface area (Å²) in [6.45, 7) is -0.0686. The molecule has 4 aromatic rings. The van der Waals surface area contributed by atoms with Crippen LogP contribution in [-0.4, -0.2) is 23.8 Å².